The van der Waals surface area contributed by atoms with E-state index >= 15 is 0 Å². The number of nitrogens with zero attached hydrogens (tertiary/aromatic N) is 5. The highest BCUT2D eigenvalue weighted by molar-refractivity contribution is 6.39. The lowest BCUT2D eigenvalue weighted by Gasteiger charge is -2.16. The van der Waals surface area contributed by atoms with Gasteiger partial charge in [0.05, 0.1) is 48.0 Å². The van der Waals surface area contributed by atoms with Crippen LogP contribution in [0, 0.1) is 5.92 Å². The number of urea groups is 1. The smallest absolute Gasteiger partial charge is 0.314 e. The summed E-state index contributed by atoms with van der Waals surface area (Å²) in [5.41, 5.74) is 10.8. The van der Waals surface area contributed by atoms with Crippen LogP contribution in [0.5, 0.6) is 11.8 Å². The third-order valence-corrected chi connectivity index (χ3v) is 10.0. The number of primary amides is 1. The predicted molar refractivity (Wildman–Crippen MR) is 192 cm³/mol. The van der Waals surface area contributed by atoms with E-state index in [1.54, 1.807) is 31.5 Å². The van der Waals surface area contributed by atoms with Crippen LogP contribution in [0.25, 0.3) is 33.6 Å². The molecule has 262 valence electrons. The minimum absolute atomic E-state index is 0.119. The Hall–Kier alpha value is -4.52. The number of aromatic nitrogens is 4. The van der Waals surface area contributed by atoms with Crippen molar-refractivity contribution in [3.05, 3.63) is 70.2 Å². The van der Waals surface area contributed by atoms with Gasteiger partial charge in [-0.15, -0.1) is 0 Å². The first kappa shape index (κ1) is 35.3. The molecule has 12 nitrogen and oxygen atoms in total. The van der Waals surface area contributed by atoms with Gasteiger partial charge in [-0.3, -0.25) is 14.8 Å². The minimum atomic E-state index is -0.381. The number of hydrogen-bond acceptors (Lipinski definition) is 9. The summed E-state index contributed by atoms with van der Waals surface area (Å²) < 4.78 is 11.2. The molecule has 14 heteroatoms. The molecule has 2 aromatic heterocycles. The maximum Gasteiger partial charge on any atom is 0.314 e. The molecule has 2 saturated heterocycles. The molecule has 2 aliphatic heterocycles. The molecule has 0 bridgehead atoms. The number of amides is 3. The van der Waals surface area contributed by atoms with Crippen molar-refractivity contribution < 1.29 is 19.1 Å². The van der Waals surface area contributed by atoms with E-state index in [2.05, 4.69) is 20.6 Å². The van der Waals surface area contributed by atoms with Gasteiger partial charge in [-0.1, -0.05) is 59.6 Å². The highest BCUT2D eigenvalue weighted by Crippen LogP contribution is 2.42. The highest BCUT2D eigenvalue weighted by Gasteiger charge is 2.25. The SMILES string of the molecule is COc1nc(-c2cccc(-c3cccc(-c4cnc(CNCC5CCN(C(N)=O)C5)c(OC)n4)c3Cl)c2Cl)cnc1CCC[C@@H]1CCC(=O)N1. The Labute approximate surface area is 301 Å². The van der Waals surface area contributed by atoms with Crippen molar-refractivity contribution in [2.75, 3.05) is 33.9 Å². The number of hydrogen-bond donors (Lipinski definition) is 3. The summed E-state index contributed by atoms with van der Waals surface area (Å²) in [6.45, 7) is 2.49. The fourth-order valence-electron chi connectivity index (χ4n) is 6.55. The van der Waals surface area contributed by atoms with Crippen molar-refractivity contribution in [3.8, 4) is 45.4 Å². The maximum absolute atomic E-state index is 11.5. The molecule has 6 rings (SSSR count). The van der Waals surface area contributed by atoms with E-state index in [0.717, 1.165) is 49.0 Å². The molecule has 0 saturated carbocycles. The van der Waals surface area contributed by atoms with E-state index in [-0.39, 0.29) is 18.0 Å². The summed E-state index contributed by atoms with van der Waals surface area (Å²) in [4.78, 5) is 43.5. The molecule has 0 aliphatic carbocycles. The number of carbonyl (C=O) groups excluding carboxylic acids is 2. The van der Waals surface area contributed by atoms with Crippen LogP contribution >= 0.6 is 23.2 Å². The quantitative estimate of drug-likeness (QED) is 0.158. The van der Waals surface area contributed by atoms with Crippen molar-refractivity contribution in [2.24, 2.45) is 11.7 Å². The summed E-state index contributed by atoms with van der Waals surface area (Å²) in [6, 6.07) is 11.2. The van der Waals surface area contributed by atoms with Crippen molar-refractivity contribution in [3.63, 3.8) is 0 Å². The van der Waals surface area contributed by atoms with Crippen LogP contribution < -0.4 is 25.8 Å². The molecule has 50 heavy (non-hydrogen) atoms. The maximum atomic E-state index is 11.5. The number of carbonyl (C=O) groups is 2. The number of halogens is 2. The summed E-state index contributed by atoms with van der Waals surface area (Å²) in [5.74, 6) is 1.28. The molecule has 0 spiro atoms. The summed E-state index contributed by atoms with van der Waals surface area (Å²) in [6.07, 6.45) is 8.17. The van der Waals surface area contributed by atoms with E-state index < -0.39 is 0 Å². The molecule has 2 aliphatic rings. The van der Waals surface area contributed by atoms with Gasteiger partial charge in [0.25, 0.3) is 0 Å². The lowest BCUT2D eigenvalue weighted by atomic mass is 9.98. The topological polar surface area (TPSA) is 157 Å². The van der Waals surface area contributed by atoms with Gasteiger partial charge in [-0.25, -0.2) is 14.8 Å². The molecule has 0 radical (unpaired) electrons. The zero-order valence-electron chi connectivity index (χ0n) is 28.0. The molecule has 3 amide bonds. The van der Waals surface area contributed by atoms with Gasteiger partial charge in [-0.05, 0) is 38.0 Å². The summed E-state index contributed by atoms with van der Waals surface area (Å²) in [7, 11) is 3.14. The number of likely N-dealkylation sites (tertiary alicyclic amines) is 1. The third-order valence-electron chi connectivity index (χ3n) is 9.22. The van der Waals surface area contributed by atoms with Gasteiger partial charge in [0, 0.05) is 60.9 Å². The minimum Gasteiger partial charge on any atom is -0.480 e. The lowest BCUT2D eigenvalue weighted by molar-refractivity contribution is -0.119. The van der Waals surface area contributed by atoms with Crippen LogP contribution in [0.1, 0.15) is 43.5 Å². The number of nitrogens with two attached hydrogens (primary N) is 1. The lowest BCUT2D eigenvalue weighted by Crippen LogP contribution is -2.34. The van der Waals surface area contributed by atoms with Gasteiger partial charge in [0.1, 0.15) is 11.4 Å². The number of aryl methyl sites for hydroxylation is 1. The van der Waals surface area contributed by atoms with Crippen LogP contribution in [-0.2, 0) is 17.8 Å². The third kappa shape index (κ3) is 7.93. The van der Waals surface area contributed by atoms with Crippen LogP contribution in [0.3, 0.4) is 0 Å². The Morgan fingerprint density at radius 3 is 2.10 bits per heavy atom. The standard InChI is InChI=1S/C36H40Cl2N8O4/c1-49-34-27(11-3-6-22-12-13-31(47)43-22)41-18-28(44-34)25-9-4-7-23(32(25)37)24-8-5-10-26(33(24)38)29-19-42-30(35(45-29)50-2)17-40-16-21-14-15-46(20-21)36(39)48/h4-5,7-10,18-19,21-22,40H,3,6,11-17,20H2,1-2H3,(H2,39,48)(H,43,47)/t21?,22-/m1/s1. The molecule has 2 aromatic carbocycles. The monoisotopic (exact) mass is 718 g/mol. The average Bonchev–Trinajstić information content (AvgIpc) is 3.78. The first-order valence-electron chi connectivity index (χ1n) is 16.7. The first-order valence-corrected chi connectivity index (χ1v) is 17.4. The highest BCUT2D eigenvalue weighted by atomic mass is 35.5. The second kappa shape index (κ2) is 16.0. The number of benzene rings is 2. The molecule has 4 heterocycles. The number of ether oxygens (including phenoxy) is 2. The van der Waals surface area contributed by atoms with E-state index in [4.69, 9.17) is 48.4 Å². The second-order valence-electron chi connectivity index (χ2n) is 12.5. The Kier molecular flexibility index (Phi) is 11.3. The molecule has 1 unspecified atom stereocenters. The van der Waals surface area contributed by atoms with Crippen LogP contribution in [0.2, 0.25) is 10.0 Å². The van der Waals surface area contributed by atoms with Gasteiger partial charge >= 0.3 is 6.03 Å². The van der Waals surface area contributed by atoms with Crippen LogP contribution in [-0.4, -0.2) is 76.7 Å². The van der Waals surface area contributed by atoms with Crippen molar-refractivity contribution in [2.45, 2.75) is 51.1 Å². The molecule has 4 N–H and O–H groups in total. The molecular formula is C36H40Cl2N8O4. The van der Waals surface area contributed by atoms with Gasteiger partial charge < -0.3 is 30.7 Å². The van der Waals surface area contributed by atoms with E-state index in [0.29, 0.717) is 88.4 Å². The Morgan fingerprint density at radius 2 is 1.54 bits per heavy atom. The summed E-state index contributed by atoms with van der Waals surface area (Å²) in [5, 5.41) is 7.35. The molecular weight excluding hydrogens is 679 g/mol. The van der Waals surface area contributed by atoms with Gasteiger partial charge in [0.15, 0.2) is 0 Å². The van der Waals surface area contributed by atoms with Crippen molar-refractivity contribution in [1.29, 1.82) is 0 Å². The van der Waals surface area contributed by atoms with E-state index in [9.17, 15) is 9.59 Å². The Morgan fingerprint density at radius 1 is 0.940 bits per heavy atom. The molecule has 2 atom stereocenters. The van der Waals surface area contributed by atoms with E-state index in [1.807, 2.05) is 36.4 Å². The average molecular weight is 720 g/mol. The number of rotatable bonds is 13. The van der Waals surface area contributed by atoms with Crippen LogP contribution in [0.15, 0.2) is 48.8 Å². The molecule has 2 fully saturated rings. The fraction of sp³-hybridized carbons (Fsp3) is 0.389. The largest absolute Gasteiger partial charge is 0.480 e. The Bertz CT molecular complexity index is 1880. The van der Waals surface area contributed by atoms with Gasteiger partial charge in [0.2, 0.25) is 17.7 Å². The van der Waals surface area contributed by atoms with Gasteiger partial charge in [-0.2, -0.15) is 0 Å². The Balaban J connectivity index is 1.18. The zero-order valence-corrected chi connectivity index (χ0v) is 29.6. The predicted octanol–water partition coefficient (Wildman–Crippen LogP) is 5.68. The fourth-order valence-corrected chi connectivity index (χ4v) is 7.20. The first-order chi connectivity index (χ1) is 24.2. The normalized spacial score (nSPS) is 17.2. The summed E-state index contributed by atoms with van der Waals surface area (Å²) >= 11 is 14.1. The second-order valence-corrected chi connectivity index (χ2v) is 13.3. The number of methoxy groups -OCH3 is 2. The molecule has 4 aromatic rings. The van der Waals surface area contributed by atoms with Crippen molar-refractivity contribution in [1.82, 2.24) is 35.5 Å². The zero-order chi connectivity index (χ0) is 35.2. The number of nitrogens with one attached hydrogen (secondary N) is 2. The van der Waals surface area contributed by atoms with Crippen LogP contribution in [0.4, 0.5) is 4.79 Å². The van der Waals surface area contributed by atoms with Crippen molar-refractivity contribution >= 4 is 35.1 Å². The van der Waals surface area contributed by atoms with E-state index in [1.165, 1.54) is 0 Å².